The van der Waals surface area contributed by atoms with E-state index in [1.54, 1.807) is 54.6 Å². The molecule has 0 saturated carbocycles. The van der Waals surface area contributed by atoms with Crippen LogP contribution in [0, 0.1) is 0 Å². The highest BCUT2D eigenvalue weighted by Gasteiger charge is 2.13. The summed E-state index contributed by atoms with van der Waals surface area (Å²) in [4.78, 5) is 47.3. The Labute approximate surface area is 219 Å². The average Bonchev–Trinajstić information content (AvgIpc) is 2.97. The second-order valence-electron chi connectivity index (χ2n) is 7.75. The van der Waals surface area contributed by atoms with Crippen molar-refractivity contribution in [3.05, 3.63) is 95.1 Å². The van der Waals surface area contributed by atoms with Crippen molar-refractivity contribution in [2.24, 2.45) is 0 Å². The fraction of sp³-hybridized carbons (Fsp3) is 0.214. The van der Waals surface area contributed by atoms with E-state index >= 15 is 0 Å². The lowest BCUT2D eigenvalue weighted by Crippen LogP contribution is -2.12. The van der Waals surface area contributed by atoms with E-state index in [1.165, 1.54) is 32.4 Å². The second-order valence-corrected chi connectivity index (χ2v) is 7.75. The topological polar surface area (TPSA) is 124 Å². The minimum absolute atomic E-state index is 0.00409. The number of hydrogen-bond donors (Lipinski definition) is 0. The third-order valence-electron chi connectivity index (χ3n) is 5.09. The van der Waals surface area contributed by atoms with Gasteiger partial charge in [0.2, 0.25) is 0 Å². The van der Waals surface area contributed by atoms with E-state index in [2.05, 4.69) is 9.47 Å². The maximum atomic E-state index is 12.5. The molecule has 0 aromatic heterocycles. The van der Waals surface area contributed by atoms with Gasteiger partial charge in [0.15, 0.2) is 13.2 Å². The zero-order valence-electron chi connectivity index (χ0n) is 20.8. The Bertz CT molecular complexity index is 1150. The molecule has 10 nitrogen and oxygen atoms in total. The van der Waals surface area contributed by atoms with Gasteiger partial charge in [0, 0.05) is 0 Å². The van der Waals surface area contributed by atoms with Crippen molar-refractivity contribution in [2.75, 3.05) is 27.4 Å². The van der Waals surface area contributed by atoms with Gasteiger partial charge in [-0.2, -0.15) is 0 Å². The van der Waals surface area contributed by atoms with Gasteiger partial charge in [-0.05, 0) is 53.6 Å². The van der Waals surface area contributed by atoms with Crippen molar-refractivity contribution in [1.82, 2.24) is 0 Å². The van der Waals surface area contributed by atoms with Crippen LogP contribution >= 0.6 is 0 Å². The summed E-state index contributed by atoms with van der Waals surface area (Å²) in [6, 6.07) is 19.4. The summed E-state index contributed by atoms with van der Waals surface area (Å²) in [5.74, 6) is -1.25. The summed E-state index contributed by atoms with van der Waals surface area (Å²) >= 11 is 0. The Balaban J connectivity index is 1.48. The molecule has 38 heavy (non-hydrogen) atoms. The number of hydrogen-bond acceptors (Lipinski definition) is 10. The highest BCUT2D eigenvalue weighted by molar-refractivity contribution is 5.95. The molecule has 3 aromatic carbocycles. The van der Waals surface area contributed by atoms with E-state index in [-0.39, 0.29) is 37.6 Å². The number of esters is 4. The van der Waals surface area contributed by atoms with Gasteiger partial charge in [0.05, 0.1) is 25.3 Å². The van der Waals surface area contributed by atoms with Crippen molar-refractivity contribution in [3.8, 4) is 11.5 Å². The standard InChI is InChI=1S/C28H26O10/c1-33-25(29)17-35-23-10-6-19(7-11-23)15-37-27(31)21-4-3-5-22(14-21)28(32)38-16-20-8-12-24(13-9-20)36-18-26(30)34-2/h3-14H,15-18H2,1-2H3. The summed E-state index contributed by atoms with van der Waals surface area (Å²) in [6.45, 7) is -0.402. The lowest BCUT2D eigenvalue weighted by Gasteiger charge is -2.09. The van der Waals surface area contributed by atoms with Crippen LogP contribution in [0.15, 0.2) is 72.8 Å². The molecule has 198 valence electrons. The molecule has 0 unspecified atom stereocenters. The van der Waals surface area contributed by atoms with Gasteiger partial charge in [-0.3, -0.25) is 0 Å². The number of benzene rings is 3. The highest BCUT2D eigenvalue weighted by atomic mass is 16.6. The first-order valence-corrected chi connectivity index (χ1v) is 11.4. The Hall–Kier alpha value is -4.86. The summed E-state index contributed by atoms with van der Waals surface area (Å²) < 4.78 is 30.3. The Kier molecular flexibility index (Phi) is 10.2. The molecule has 0 fully saturated rings. The van der Waals surface area contributed by atoms with Crippen LogP contribution in [0.2, 0.25) is 0 Å². The van der Waals surface area contributed by atoms with Crippen LogP contribution in [0.25, 0.3) is 0 Å². The van der Waals surface area contributed by atoms with Crippen LogP contribution in [-0.4, -0.2) is 51.3 Å². The van der Waals surface area contributed by atoms with Crippen molar-refractivity contribution in [3.63, 3.8) is 0 Å². The third kappa shape index (κ3) is 8.66. The van der Waals surface area contributed by atoms with E-state index in [0.29, 0.717) is 22.6 Å². The van der Waals surface area contributed by atoms with E-state index in [4.69, 9.17) is 18.9 Å². The molecule has 0 aliphatic rings. The molecule has 0 saturated heterocycles. The molecule has 0 heterocycles. The van der Waals surface area contributed by atoms with Gasteiger partial charge in [-0.1, -0.05) is 30.3 Å². The van der Waals surface area contributed by atoms with Gasteiger partial charge in [-0.15, -0.1) is 0 Å². The fourth-order valence-electron chi connectivity index (χ4n) is 3.00. The monoisotopic (exact) mass is 522 g/mol. The first-order valence-electron chi connectivity index (χ1n) is 11.4. The fourth-order valence-corrected chi connectivity index (χ4v) is 3.00. The predicted molar refractivity (Wildman–Crippen MR) is 133 cm³/mol. The molecular formula is C28H26O10. The quantitative estimate of drug-likeness (QED) is 0.258. The molecule has 0 aliphatic heterocycles. The average molecular weight is 523 g/mol. The second kappa shape index (κ2) is 14.0. The molecule has 0 atom stereocenters. The molecule has 0 bridgehead atoms. The predicted octanol–water partition coefficient (Wildman–Crippen LogP) is 3.50. The summed E-state index contributed by atoms with van der Waals surface area (Å²) in [5, 5.41) is 0. The Morgan fingerprint density at radius 2 is 0.974 bits per heavy atom. The molecule has 3 aromatic rings. The number of rotatable bonds is 12. The normalized spacial score (nSPS) is 10.2. The highest BCUT2D eigenvalue weighted by Crippen LogP contribution is 2.16. The first-order chi connectivity index (χ1) is 18.4. The number of carbonyl (C=O) groups is 4. The van der Waals surface area contributed by atoms with Gasteiger partial charge < -0.3 is 28.4 Å². The lowest BCUT2D eigenvalue weighted by molar-refractivity contribution is -0.143. The Morgan fingerprint density at radius 1 is 0.579 bits per heavy atom. The lowest BCUT2D eigenvalue weighted by atomic mass is 10.1. The van der Waals surface area contributed by atoms with Crippen molar-refractivity contribution < 1.29 is 47.6 Å². The molecule has 0 N–H and O–H groups in total. The summed E-state index contributed by atoms with van der Waals surface area (Å²) in [6.07, 6.45) is 0. The molecule has 0 aliphatic carbocycles. The van der Waals surface area contributed by atoms with Gasteiger partial charge in [-0.25, -0.2) is 19.2 Å². The van der Waals surface area contributed by atoms with Crippen LogP contribution in [-0.2, 0) is 41.8 Å². The molecule has 0 amide bonds. The van der Waals surface area contributed by atoms with Crippen LogP contribution in [0.1, 0.15) is 31.8 Å². The van der Waals surface area contributed by atoms with E-state index in [9.17, 15) is 19.2 Å². The van der Waals surface area contributed by atoms with Crippen molar-refractivity contribution in [1.29, 1.82) is 0 Å². The van der Waals surface area contributed by atoms with Crippen LogP contribution in [0.3, 0.4) is 0 Å². The molecular weight excluding hydrogens is 496 g/mol. The van der Waals surface area contributed by atoms with Gasteiger partial charge in [0.25, 0.3) is 0 Å². The molecule has 0 radical (unpaired) electrons. The summed E-state index contributed by atoms with van der Waals surface area (Å²) in [7, 11) is 2.55. The number of carbonyl (C=O) groups excluding carboxylic acids is 4. The number of methoxy groups -OCH3 is 2. The molecule has 0 spiro atoms. The SMILES string of the molecule is COC(=O)COc1ccc(COC(=O)c2cccc(C(=O)OCc3ccc(OCC(=O)OC)cc3)c2)cc1. The zero-order chi connectivity index (χ0) is 27.3. The van der Waals surface area contributed by atoms with Crippen LogP contribution < -0.4 is 9.47 Å². The maximum Gasteiger partial charge on any atom is 0.343 e. The van der Waals surface area contributed by atoms with Gasteiger partial charge >= 0.3 is 23.9 Å². The van der Waals surface area contributed by atoms with Crippen LogP contribution in [0.4, 0.5) is 0 Å². The zero-order valence-corrected chi connectivity index (χ0v) is 20.8. The maximum absolute atomic E-state index is 12.5. The smallest absolute Gasteiger partial charge is 0.343 e. The van der Waals surface area contributed by atoms with E-state index in [1.807, 2.05) is 0 Å². The molecule has 10 heteroatoms. The third-order valence-corrected chi connectivity index (χ3v) is 5.09. The van der Waals surface area contributed by atoms with Gasteiger partial charge in [0.1, 0.15) is 24.7 Å². The van der Waals surface area contributed by atoms with Crippen molar-refractivity contribution >= 4 is 23.9 Å². The Morgan fingerprint density at radius 3 is 1.34 bits per heavy atom. The van der Waals surface area contributed by atoms with E-state index in [0.717, 1.165) is 0 Å². The molecule has 3 rings (SSSR count). The number of ether oxygens (including phenoxy) is 6. The summed E-state index contributed by atoms with van der Waals surface area (Å²) in [5.41, 5.74) is 1.82. The van der Waals surface area contributed by atoms with Crippen molar-refractivity contribution in [2.45, 2.75) is 13.2 Å². The van der Waals surface area contributed by atoms with Crippen LogP contribution in [0.5, 0.6) is 11.5 Å². The minimum Gasteiger partial charge on any atom is -0.482 e. The van der Waals surface area contributed by atoms with E-state index < -0.39 is 23.9 Å². The minimum atomic E-state index is -0.604. The largest absolute Gasteiger partial charge is 0.482 e. The first kappa shape index (κ1) is 27.7.